The summed E-state index contributed by atoms with van der Waals surface area (Å²) in [7, 11) is -3.83. The smallest absolute Gasteiger partial charge is 0.416 e. The number of sulfone groups is 1. The summed E-state index contributed by atoms with van der Waals surface area (Å²) >= 11 is 0. The molecule has 1 unspecified atom stereocenters. The van der Waals surface area contributed by atoms with Crippen molar-refractivity contribution >= 4 is 15.8 Å². The first-order valence-electron chi connectivity index (χ1n) is 9.19. The molecule has 3 aromatic rings. The fourth-order valence-electron chi connectivity index (χ4n) is 2.68. The molecule has 1 N–H and O–H groups in total. The van der Waals surface area contributed by atoms with Crippen molar-refractivity contribution in [2.75, 3.05) is 0 Å². The van der Waals surface area contributed by atoms with Crippen molar-refractivity contribution in [1.82, 2.24) is 15.0 Å². The Kier molecular flexibility index (Phi) is 6.26. The van der Waals surface area contributed by atoms with Crippen LogP contribution in [0, 0.1) is 6.92 Å². The van der Waals surface area contributed by atoms with E-state index in [2.05, 4.69) is 10.2 Å². The van der Waals surface area contributed by atoms with Crippen molar-refractivity contribution in [3.8, 4) is 11.4 Å². The Balaban J connectivity index is 1.78. The van der Waals surface area contributed by atoms with Crippen LogP contribution in [0.15, 0.2) is 53.4 Å². The maximum absolute atomic E-state index is 12.8. The highest BCUT2D eigenvalue weighted by molar-refractivity contribution is 7.90. The number of rotatable bonds is 7. The highest BCUT2D eigenvalue weighted by Gasteiger charge is 2.30. The van der Waals surface area contributed by atoms with Gasteiger partial charge in [-0.1, -0.05) is 0 Å². The molecule has 1 atom stereocenters. The first-order valence-corrected chi connectivity index (χ1v) is 10.8. The lowest BCUT2D eigenvalue weighted by molar-refractivity contribution is -0.144. The van der Waals surface area contributed by atoms with Gasteiger partial charge in [0.25, 0.3) is 0 Å². The largest absolute Gasteiger partial charge is 0.479 e. The molecule has 0 saturated carbocycles. The molecule has 0 radical (unpaired) electrons. The number of carbonyl (C=O) groups is 1. The number of halogens is 3. The molecule has 0 aliphatic heterocycles. The van der Waals surface area contributed by atoms with Gasteiger partial charge in [-0.2, -0.15) is 28.2 Å². The number of aromatic nitrogens is 3. The van der Waals surface area contributed by atoms with Gasteiger partial charge in [-0.15, -0.1) is 0 Å². The number of benzene rings is 2. The van der Waals surface area contributed by atoms with Crippen LogP contribution in [-0.4, -0.2) is 40.6 Å². The predicted molar refractivity (Wildman–Crippen MR) is 106 cm³/mol. The topological polar surface area (TPSA) is 111 Å². The van der Waals surface area contributed by atoms with Crippen LogP contribution >= 0.6 is 0 Å². The Morgan fingerprint density at radius 3 is 2.22 bits per heavy atom. The second-order valence-corrected chi connectivity index (χ2v) is 8.88. The predicted octanol–water partition coefficient (Wildman–Crippen LogP) is 3.42. The highest BCUT2D eigenvalue weighted by Crippen LogP contribution is 2.29. The van der Waals surface area contributed by atoms with Gasteiger partial charge in [0.05, 0.1) is 21.8 Å². The molecule has 0 bridgehead atoms. The lowest BCUT2D eigenvalue weighted by Crippen LogP contribution is -2.22. The second kappa shape index (κ2) is 8.61. The van der Waals surface area contributed by atoms with Gasteiger partial charge >= 0.3 is 12.1 Å². The van der Waals surface area contributed by atoms with Crippen LogP contribution in [0.2, 0.25) is 0 Å². The van der Waals surface area contributed by atoms with Crippen molar-refractivity contribution in [3.63, 3.8) is 0 Å². The zero-order valence-electron chi connectivity index (χ0n) is 16.9. The van der Waals surface area contributed by atoms with E-state index in [0.29, 0.717) is 5.69 Å². The molecule has 0 aliphatic rings. The molecule has 12 heteroatoms. The van der Waals surface area contributed by atoms with E-state index >= 15 is 0 Å². The summed E-state index contributed by atoms with van der Waals surface area (Å²) in [5, 5.41) is 17.1. The van der Waals surface area contributed by atoms with E-state index in [-0.39, 0.29) is 22.0 Å². The number of aryl methyl sites for hydroxylation is 1. The molecule has 1 heterocycles. The molecule has 0 fully saturated rings. The van der Waals surface area contributed by atoms with Gasteiger partial charge in [0.15, 0.2) is 15.9 Å². The van der Waals surface area contributed by atoms with Crippen LogP contribution in [0.1, 0.15) is 23.9 Å². The zero-order chi connectivity index (χ0) is 23.7. The average Bonchev–Trinajstić information content (AvgIpc) is 3.07. The Bertz CT molecular complexity index is 1220. The highest BCUT2D eigenvalue weighted by atomic mass is 32.2. The minimum absolute atomic E-state index is 0.0312. The van der Waals surface area contributed by atoms with Gasteiger partial charge in [-0.05, 0) is 62.4 Å². The molecule has 0 saturated heterocycles. The Labute approximate surface area is 181 Å². The number of ether oxygens (including phenoxy) is 1. The summed E-state index contributed by atoms with van der Waals surface area (Å²) in [6.07, 6.45) is -5.57. The van der Waals surface area contributed by atoms with Crippen LogP contribution in [0.25, 0.3) is 5.69 Å². The summed E-state index contributed by atoms with van der Waals surface area (Å²) in [6.45, 7) is 2.89. The van der Waals surface area contributed by atoms with Crippen molar-refractivity contribution in [3.05, 3.63) is 65.5 Å². The van der Waals surface area contributed by atoms with E-state index in [1.807, 2.05) is 0 Å². The van der Waals surface area contributed by atoms with Gasteiger partial charge in [0.2, 0.25) is 0 Å². The Morgan fingerprint density at radius 1 is 1.09 bits per heavy atom. The first kappa shape index (κ1) is 23.3. The number of nitrogens with zero attached hydrogens (tertiary/aromatic N) is 3. The van der Waals surface area contributed by atoms with Crippen LogP contribution < -0.4 is 4.74 Å². The van der Waals surface area contributed by atoms with E-state index in [1.54, 1.807) is 6.92 Å². The SMILES string of the molecule is Cc1nn(-c2ccc(C(F)(F)F)cc2)nc1CS(=O)(=O)c1ccc(OC(C)C(=O)O)cc1. The van der Waals surface area contributed by atoms with Gasteiger partial charge in [0.1, 0.15) is 17.2 Å². The molecule has 2 aromatic carbocycles. The molecular weight excluding hydrogens is 451 g/mol. The number of aliphatic carboxylic acids is 1. The van der Waals surface area contributed by atoms with Crippen LogP contribution in [0.3, 0.4) is 0 Å². The monoisotopic (exact) mass is 469 g/mol. The lowest BCUT2D eigenvalue weighted by atomic mass is 10.2. The normalized spacial score (nSPS) is 13.0. The maximum atomic E-state index is 12.8. The number of carboxylic acids is 1. The molecule has 0 aliphatic carbocycles. The maximum Gasteiger partial charge on any atom is 0.416 e. The molecule has 32 heavy (non-hydrogen) atoms. The van der Waals surface area contributed by atoms with E-state index in [0.717, 1.165) is 16.9 Å². The van der Waals surface area contributed by atoms with Crippen LogP contribution in [0.5, 0.6) is 5.75 Å². The van der Waals surface area contributed by atoms with Crippen LogP contribution in [-0.2, 0) is 26.6 Å². The third kappa shape index (κ3) is 5.25. The van der Waals surface area contributed by atoms with Crippen LogP contribution in [0.4, 0.5) is 13.2 Å². The number of carboxylic acid groups (broad SMARTS) is 1. The molecule has 3 rings (SSSR count). The average molecular weight is 469 g/mol. The third-order valence-electron chi connectivity index (χ3n) is 4.47. The zero-order valence-corrected chi connectivity index (χ0v) is 17.7. The van der Waals surface area contributed by atoms with Crippen molar-refractivity contribution in [1.29, 1.82) is 0 Å². The van der Waals surface area contributed by atoms with Crippen molar-refractivity contribution in [2.45, 2.75) is 36.8 Å². The fraction of sp³-hybridized carbons (Fsp3) is 0.250. The first-order chi connectivity index (χ1) is 14.9. The van der Waals surface area contributed by atoms with Gasteiger partial charge in [0, 0.05) is 0 Å². The van der Waals surface area contributed by atoms with Crippen molar-refractivity contribution in [2.24, 2.45) is 0 Å². The number of alkyl halides is 3. The standard InChI is InChI=1S/C20H18F3N3O5S/c1-12-18(25-26(24-12)15-5-3-14(4-6-15)20(21,22)23)11-32(29,30)17-9-7-16(8-10-17)31-13(2)19(27)28/h3-10,13H,11H2,1-2H3,(H,27,28). The van der Waals surface area contributed by atoms with E-state index < -0.39 is 39.4 Å². The number of hydrogen-bond donors (Lipinski definition) is 1. The Morgan fingerprint density at radius 2 is 1.69 bits per heavy atom. The molecule has 0 amide bonds. The third-order valence-corrected chi connectivity index (χ3v) is 6.12. The van der Waals surface area contributed by atoms with E-state index in [9.17, 15) is 26.4 Å². The van der Waals surface area contributed by atoms with Gasteiger partial charge in [-0.3, -0.25) is 0 Å². The van der Waals surface area contributed by atoms with Gasteiger partial charge in [-0.25, -0.2) is 13.2 Å². The van der Waals surface area contributed by atoms with Gasteiger partial charge < -0.3 is 9.84 Å². The molecule has 1 aromatic heterocycles. The number of hydrogen-bond acceptors (Lipinski definition) is 6. The summed E-state index contributed by atoms with van der Waals surface area (Å²) in [4.78, 5) is 11.9. The van der Waals surface area contributed by atoms with Crippen molar-refractivity contribution < 1.29 is 36.2 Å². The van der Waals surface area contributed by atoms with E-state index in [1.165, 1.54) is 43.3 Å². The minimum atomic E-state index is -4.47. The summed E-state index contributed by atoms with van der Waals surface area (Å²) in [6, 6.07) is 9.42. The molecule has 170 valence electrons. The second-order valence-electron chi connectivity index (χ2n) is 6.89. The molecular formula is C20H18F3N3O5S. The summed E-state index contributed by atoms with van der Waals surface area (Å²) in [5.41, 5.74) is -0.120. The fourth-order valence-corrected chi connectivity index (χ4v) is 4.03. The Hall–Kier alpha value is -3.41. The molecule has 8 nitrogen and oxygen atoms in total. The quantitative estimate of drug-likeness (QED) is 0.564. The summed E-state index contributed by atoms with van der Waals surface area (Å²) < 4.78 is 68.9. The van der Waals surface area contributed by atoms with E-state index in [4.69, 9.17) is 9.84 Å². The molecule has 0 spiro atoms. The lowest BCUT2D eigenvalue weighted by Gasteiger charge is -2.10. The summed E-state index contributed by atoms with van der Waals surface area (Å²) in [5.74, 6) is -1.44. The minimum Gasteiger partial charge on any atom is -0.479 e.